The topological polar surface area (TPSA) is 29.1 Å². The Balaban J connectivity index is 1.61. The van der Waals surface area contributed by atoms with Gasteiger partial charge in [-0.3, -0.25) is 4.79 Å². The molecule has 0 heterocycles. The van der Waals surface area contributed by atoms with Crippen molar-refractivity contribution in [1.29, 1.82) is 0 Å². The molecule has 126 valence electrons. The second-order valence-corrected chi connectivity index (χ2v) is 7.05. The van der Waals surface area contributed by atoms with Gasteiger partial charge in [0.15, 0.2) is 0 Å². The molecule has 3 rings (SSSR count). The minimum Gasteiger partial charge on any atom is -0.355 e. The van der Waals surface area contributed by atoms with Crippen LogP contribution >= 0.6 is 0 Å². The molecule has 2 nitrogen and oxygen atoms in total. The molecule has 1 amide bonds. The molecule has 1 aliphatic rings. The number of carbonyl (C=O) groups is 1. The summed E-state index contributed by atoms with van der Waals surface area (Å²) in [6, 6.07) is 13.2. The molecule has 1 saturated carbocycles. The smallest absolute Gasteiger partial charge is 0.223 e. The Hall–Kier alpha value is -2.23. The Morgan fingerprint density at radius 1 is 1.08 bits per heavy atom. The van der Waals surface area contributed by atoms with Crippen molar-refractivity contribution in [2.45, 2.75) is 31.6 Å². The lowest BCUT2D eigenvalue weighted by Gasteiger charge is -2.26. The summed E-state index contributed by atoms with van der Waals surface area (Å²) in [4.78, 5) is 12.3. The Morgan fingerprint density at radius 3 is 2.38 bits per heavy atom. The highest BCUT2D eigenvalue weighted by Gasteiger charge is 2.45. The molecule has 2 aromatic rings. The van der Waals surface area contributed by atoms with Crippen LogP contribution in [0, 0.1) is 17.6 Å². The third-order valence-electron chi connectivity index (χ3n) is 4.74. The molecule has 2 atom stereocenters. The number of nitrogens with one attached hydrogen (secondary N) is 1. The highest BCUT2D eigenvalue weighted by atomic mass is 19.1. The fourth-order valence-corrected chi connectivity index (χ4v) is 3.15. The van der Waals surface area contributed by atoms with E-state index in [9.17, 15) is 13.6 Å². The number of hydrogen-bond acceptors (Lipinski definition) is 1. The molecule has 4 heteroatoms. The van der Waals surface area contributed by atoms with E-state index in [0.29, 0.717) is 24.1 Å². The standard InChI is InChI=1S/C20H21F2NO/c1-20(2,16-8-4-6-10-18(16)22)12-23-19(24)15-11-14(15)13-7-3-5-9-17(13)21/h3-10,14-15H,11-12H2,1-2H3,(H,23,24). The summed E-state index contributed by atoms with van der Waals surface area (Å²) < 4.78 is 27.7. The predicted molar refractivity (Wildman–Crippen MR) is 89.7 cm³/mol. The zero-order valence-corrected chi connectivity index (χ0v) is 13.9. The Bertz CT molecular complexity index is 757. The number of rotatable bonds is 5. The van der Waals surface area contributed by atoms with E-state index in [1.165, 1.54) is 12.1 Å². The van der Waals surface area contributed by atoms with Crippen LogP contribution in [0.4, 0.5) is 8.78 Å². The second-order valence-electron chi connectivity index (χ2n) is 7.05. The highest BCUT2D eigenvalue weighted by Crippen LogP contribution is 2.48. The normalized spacial score (nSPS) is 19.8. The summed E-state index contributed by atoms with van der Waals surface area (Å²) in [6.07, 6.45) is 0.660. The van der Waals surface area contributed by atoms with Gasteiger partial charge in [-0.05, 0) is 35.6 Å². The van der Waals surface area contributed by atoms with Gasteiger partial charge in [0.2, 0.25) is 5.91 Å². The second kappa shape index (κ2) is 6.34. The van der Waals surface area contributed by atoms with E-state index in [2.05, 4.69) is 5.32 Å². The van der Waals surface area contributed by atoms with Crippen molar-refractivity contribution < 1.29 is 13.6 Å². The third kappa shape index (κ3) is 3.32. The molecule has 1 N–H and O–H groups in total. The van der Waals surface area contributed by atoms with Crippen molar-refractivity contribution in [2.75, 3.05) is 6.54 Å². The van der Waals surface area contributed by atoms with Crippen molar-refractivity contribution in [2.24, 2.45) is 5.92 Å². The predicted octanol–water partition coefficient (Wildman–Crippen LogP) is 4.16. The van der Waals surface area contributed by atoms with E-state index in [1.807, 2.05) is 13.8 Å². The number of benzene rings is 2. The summed E-state index contributed by atoms with van der Waals surface area (Å²) >= 11 is 0. The van der Waals surface area contributed by atoms with Crippen LogP contribution in [0.3, 0.4) is 0 Å². The first-order valence-electron chi connectivity index (χ1n) is 8.17. The van der Waals surface area contributed by atoms with Crippen molar-refractivity contribution in [3.05, 3.63) is 71.3 Å². The van der Waals surface area contributed by atoms with E-state index < -0.39 is 5.41 Å². The van der Waals surface area contributed by atoms with Gasteiger partial charge < -0.3 is 5.32 Å². The summed E-state index contributed by atoms with van der Waals surface area (Å²) in [5.41, 5.74) is 0.668. The monoisotopic (exact) mass is 329 g/mol. The lowest BCUT2D eigenvalue weighted by Crippen LogP contribution is -2.38. The van der Waals surface area contributed by atoms with E-state index in [4.69, 9.17) is 0 Å². The fourth-order valence-electron chi connectivity index (χ4n) is 3.15. The maximum Gasteiger partial charge on any atom is 0.223 e. The van der Waals surface area contributed by atoms with Crippen LogP contribution in [0.25, 0.3) is 0 Å². The van der Waals surface area contributed by atoms with Gasteiger partial charge in [0.25, 0.3) is 0 Å². The van der Waals surface area contributed by atoms with Crippen molar-refractivity contribution >= 4 is 5.91 Å². The van der Waals surface area contributed by atoms with Gasteiger partial charge in [0.05, 0.1) is 0 Å². The zero-order valence-electron chi connectivity index (χ0n) is 13.9. The molecule has 2 aromatic carbocycles. The van der Waals surface area contributed by atoms with Crippen molar-refractivity contribution in [3.8, 4) is 0 Å². The third-order valence-corrected chi connectivity index (χ3v) is 4.74. The maximum atomic E-state index is 14.0. The molecule has 24 heavy (non-hydrogen) atoms. The molecule has 2 unspecified atom stereocenters. The average molecular weight is 329 g/mol. The zero-order chi connectivity index (χ0) is 17.3. The first-order valence-corrected chi connectivity index (χ1v) is 8.17. The van der Waals surface area contributed by atoms with E-state index >= 15 is 0 Å². The minimum absolute atomic E-state index is 0.0530. The summed E-state index contributed by atoms with van der Waals surface area (Å²) in [6.45, 7) is 4.13. The van der Waals surface area contributed by atoms with E-state index in [1.54, 1.807) is 36.4 Å². The van der Waals surface area contributed by atoms with Crippen LogP contribution in [-0.2, 0) is 10.2 Å². The van der Waals surface area contributed by atoms with Crippen molar-refractivity contribution in [1.82, 2.24) is 5.32 Å². The lowest BCUT2D eigenvalue weighted by atomic mass is 9.84. The highest BCUT2D eigenvalue weighted by molar-refractivity contribution is 5.83. The van der Waals surface area contributed by atoms with Gasteiger partial charge in [-0.1, -0.05) is 50.2 Å². The van der Waals surface area contributed by atoms with Gasteiger partial charge in [-0.25, -0.2) is 8.78 Å². The molecule has 0 spiro atoms. The van der Waals surface area contributed by atoms with Crippen LogP contribution in [0.2, 0.25) is 0 Å². The maximum absolute atomic E-state index is 14.0. The fraction of sp³-hybridized carbons (Fsp3) is 0.350. The molecular formula is C20H21F2NO. The van der Waals surface area contributed by atoms with Gasteiger partial charge in [0, 0.05) is 17.9 Å². The van der Waals surface area contributed by atoms with Gasteiger partial charge >= 0.3 is 0 Å². The Kier molecular flexibility index (Phi) is 4.39. The number of halogens is 2. The quantitative estimate of drug-likeness (QED) is 0.877. The summed E-state index contributed by atoms with van der Waals surface area (Å²) in [5.74, 6) is -0.870. The Morgan fingerprint density at radius 2 is 1.71 bits per heavy atom. The van der Waals surface area contributed by atoms with Gasteiger partial charge in [-0.2, -0.15) is 0 Å². The number of carbonyl (C=O) groups excluding carboxylic acids is 1. The van der Waals surface area contributed by atoms with Crippen LogP contribution in [-0.4, -0.2) is 12.5 Å². The van der Waals surface area contributed by atoms with Crippen molar-refractivity contribution in [3.63, 3.8) is 0 Å². The molecule has 0 saturated heterocycles. The van der Waals surface area contributed by atoms with E-state index in [-0.39, 0.29) is 29.4 Å². The van der Waals surface area contributed by atoms with Crippen LogP contribution < -0.4 is 5.32 Å². The van der Waals surface area contributed by atoms with Crippen LogP contribution in [0.5, 0.6) is 0 Å². The molecule has 0 radical (unpaired) electrons. The Labute approximate surface area is 140 Å². The first kappa shape index (κ1) is 16.6. The van der Waals surface area contributed by atoms with Crippen LogP contribution in [0.1, 0.15) is 37.3 Å². The summed E-state index contributed by atoms with van der Waals surface area (Å²) in [5, 5.41) is 2.90. The molecule has 1 aliphatic carbocycles. The van der Waals surface area contributed by atoms with E-state index in [0.717, 1.165) is 0 Å². The van der Waals surface area contributed by atoms with Gasteiger partial charge in [0.1, 0.15) is 11.6 Å². The molecule has 0 aromatic heterocycles. The average Bonchev–Trinajstić information content (AvgIpc) is 3.34. The SMILES string of the molecule is CC(C)(CNC(=O)C1CC1c1ccccc1F)c1ccccc1F. The number of amides is 1. The summed E-state index contributed by atoms with van der Waals surface area (Å²) in [7, 11) is 0. The van der Waals surface area contributed by atoms with Crippen LogP contribution in [0.15, 0.2) is 48.5 Å². The minimum atomic E-state index is -0.511. The largest absolute Gasteiger partial charge is 0.355 e. The molecule has 0 bridgehead atoms. The lowest BCUT2D eigenvalue weighted by molar-refractivity contribution is -0.122. The van der Waals surface area contributed by atoms with Gasteiger partial charge in [-0.15, -0.1) is 0 Å². The molecular weight excluding hydrogens is 308 g/mol. The first-order chi connectivity index (χ1) is 11.4. The number of hydrogen-bond donors (Lipinski definition) is 1. The molecule has 1 fully saturated rings. The molecule has 0 aliphatic heterocycles.